The number of rotatable bonds is 7. The zero-order valence-corrected chi connectivity index (χ0v) is 11.7. The number of hydrogen-bond donors (Lipinski definition) is 0. The number of methoxy groups -OCH3 is 1. The minimum atomic E-state index is 0.511. The molecule has 0 heterocycles. The Bertz CT molecular complexity index is 454. The van der Waals surface area contributed by atoms with Crippen LogP contribution in [0.5, 0.6) is 11.5 Å². The molecule has 0 radical (unpaired) electrons. The predicted molar refractivity (Wildman–Crippen MR) is 71.0 cm³/mol. The fourth-order valence-corrected chi connectivity index (χ4v) is 2.00. The fraction of sp³-hybridized carbons (Fsp3) is 0.385. The Morgan fingerprint density at radius 1 is 1.44 bits per heavy atom. The molecule has 0 amide bonds. The summed E-state index contributed by atoms with van der Waals surface area (Å²) in [6.07, 6.45) is 2.90. The van der Waals surface area contributed by atoms with Crippen molar-refractivity contribution in [2.45, 2.75) is 19.3 Å². The smallest absolute Gasteiger partial charge is 0.175 e. The summed E-state index contributed by atoms with van der Waals surface area (Å²) in [5.41, 5.74) is 0.524. The third-order valence-corrected chi connectivity index (χ3v) is 2.91. The zero-order chi connectivity index (χ0) is 13.4. The van der Waals surface area contributed by atoms with Crippen LogP contribution in [0.1, 0.15) is 29.6 Å². The number of halogens is 1. The van der Waals surface area contributed by atoms with Gasteiger partial charge in [0.15, 0.2) is 11.5 Å². The summed E-state index contributed by atoms with van der Waals surface area (Å²) >= 11 is 3.35. The van der Waals surface area contributed by atoms with E-state index in [1.165, 1.54) is 7.11 Å². The molecule has 0 saturated heterocycles. The first-order valence-corrected chi connectivity index (χ1v) is 6.34. The van der Waals surface area contributed by atoms with Crippen LogP contribution >= 0.6 is 15.9 Å². The largest absolute Gasteiger partial charge is 0.493 e. The lowest BCUT2D eigenvalue weighted by Gasteiger charge is -2.12. The van der Waals surface area contributed by atoms with Gasteiger partial charge in [0.1, 0.15) is 6.29 Å². The number of carbonyl (C=O) groups excluding carboxylic acids is 1. The molecule has 0 fully saturated rings. The monoisotopic (exact) mass is 311 g/mol. The van der Waals surface area contributed by atoms with Gasteiger partial charge < -0.3 is 9.47 Å². The molecular weight excluding hydrogens is 298 g/mol. The van der Waals surface area contributed by atoms with Crippen molar-refractivity contribution in [1.29, 1.82) is 5.26 Å². The Hall–Kier alpha value is -1.54. The second-order valence-electron chi connectivity index (χ2n) is 3.62. The minimum absolute atomic E-state index is 0.511. The molecule has 4 nitrogen and oxygen atoms in total. The molecule has 0 N–H and O–H groups in total. The molecule has 0 aliphatic carbocycles. The van der Waals surface area contributed by atoms with Crippen LogP contribution < -0.4 is 9.47 Å². The summed E-state index contributed by atoms with van der Waals surface area (Å²) < 4.78 is 11.5. The lowest BCUT2D eigenvalue weighted by Crippen LogP contribution is -2.01. The van der Waals surface area contributed by atoms with E-state index in [0.717, 1.165) is 19.1 Å². The van der Waals surface area contributed by atoms with Crippen LogP contribution in [0.2, 0.25) is 0 Å². The van der Waals surface area contributed by atoms with Crippen molar-refractivity contribution in [3.05, 3.63) is 22.2 Å². The summed E-state index contributed by atoms with van der Waals surface area (Å²) in [6, 6.07) is 5.40. The molecule has 0 unspecified atom stereocenters. The van der Waals surface area contributed by atoms with Gasteiger partial charge in [-0.15, -0.1) is 0 Å². The highest BCUT2D eigenvalue weighted by atomic mass is 79.9. The molecule has 0 saturated carbocycles. The van der Waals surface area contributed by atoms with Crippen molar-refractivity contribution in [2.75, 3.05) is 13.7 Å². The van der Waals surface area contributed by atoms with Gasteiger partial charge in [0.05, 0.1) is 24.3 Å². The van der Waals surface area contributed by atoms with Gasteiger partial charge in [-0.05, 0) is 40.9 Å². The van der Waals surface area contributed by atoms with E-state index in [2.05, 4.69) is 22.0 Å². The van der Waals surface area contributed by atoms with Crippen molar-refractivity contribution >= 4 is 22.2 Å². The van der Waals surface area contributed by atoms with E-state index in [1.807, 2.05) is 0 Å². The highest BCUT2D eigenvalue weighted by molar-refractivity contribution is 9.10. The number of hydrogen-bond acceptors (Lipinski definition) is 4. The lowest BCUT2D eigenvalue weighted by molar-refractivity contribution is 0.112. The maximum absolute atomic E-state index is 10.7. The lowest BCUT2D eigenvalue weighted by atomic mass is 10.2. The average molecular weight is 312 g/mol. The highest BCUT2D eigenvalue weighted by Gasteiger charge is 2.11. The first kappa shape index (κ1) is 14.5. The van der Waals surface area contributed by atoms with Crippen LogP contribution in [0, 0.1) is 11.3 Å². The van der Waals surface area contributed by atoms with E-state index in [-0.39, 0.29) is 0 Å². The average Bonchev–Trinajstić information content (AvgIpc) is 2.39. The maximum Gasteiger partial charge on any atom is 0.175 e. The molecule has 5 heteroatoms. The molecule has 0 bridgehead atoms. The maximum atomic E-state index is 10.7. The number of nitrogens with zero attached hydrogens (tertiary/aromatic N) is 1. The zero-order valence-electron chi connectivity index (χ0n) is 10.1. The molecule has 0 aromatic heterocycles. The fourth-order valence-electron chi connectivity index (χ4n) is 1.43. The molecular formula is C13H14BrNO3. The van der Waals surface area contributed by atoms with E-state index in [9.17, 15) is 4.79 Å². The number of nitriles is 1. The Morgan fingerprint density at radius 3 is 2.83 bits per heavy atom. The summed E-state index contributed by atoms with van der Waals surface area (Å²) in [4.78, 5) is 10.7. The van der Waals surface area contributed by atoms with Crippen molar-refractivity contribution in [3.8, 4) is 17.6 Å². The van der Waals surface area contributed by atoms with Gasteiger partial charge in [-0.25, -0.2) is 0 Å². The van der Waals surface area contributed by atoms with Crippen LogP contribution in [0.3, 0.4) is 0 Å². The van der Waals surface area contributed by atoms with Crippen LogP contribution in [0.15, 0.2) is 16.6 Å². The Kier molecular flexibility index (Phi) is 6.23. The van der Waals surface area contributed by atoms with E-state index in [0.29, 0.717) is 34.6 Å². The molecule has 18 heavy (non-hydrogen) atoms. The second-order valence-corrected chi connectivity index (χ2v) is 4.47. The van der Waals surface area contributed by atoms with Gasteiger partial charge in [0.25, 0.3) is 0 Å². The molecule has 1 rings (SSSR count). The normalized spacial score (nSPS) is 9.61. The van der Waals surface area contributed by atoms with Crippen molar-refractivity contribution in [1.82, 2.24) is 0 Å². The van der Waals surface area contributed by atoms with E-state index < -0.39 is 0 Å². The Labute approximate surface area is 115 Å². The second kappa shape index (κ2) is 7.72. The third kappa shape index (κ3) is 4.04. The van der Waals surface area contributed by atoms with E-state index >= 15 is 0 Å². The molecule has 96 valence electrons. The number of unbranched alkanes of at least 4 members (excludes halogenated alkanes) is 2. The van der Waals surface area contributed by atoms with Gasteiger partial charge in [0, 0.05) is 12.0 Å². The molecule has 0 atom stereocenters. The first-order valence-electron chi connectivity index (χ1n) is 5.55. The van der Waals surface area contributed by atoms with Crippen LogP contribution in [-0.4, -0.2) is 20.0 Å². The molecule has 1 aromatic rings. The summed E-state index contributed by atoms with van der Waals surface area (Å²) in [5, 5.41) is 8.42. The number of benzene rings is 1. The van der Waals surface area contributed by atoms with Crippen LogP contribution in [0.25, 0.3) is 0 Å². The van der Waals surface area contributed by atoms with Crippen molar-refractivity contribution in [3.63, 3.8) is 0 Å². The van der Waals surface area contributed by atoms with Crippen LogP contribution in [0.4, 0.5) is 0 Å². The number of aldehydes is 1. The minimum Gasteiger partial charge on any atom is -0.493 e. The van der Waals surface area contributed by atoms with Gasteiger partial charge in [-0.2, -0.15) is 5.26 Å². The standard InChI is InChI=1S/C13H14BrNO3/c1-17-12-8-10(9-16)7-11(14)13(12)18-6-4-2-3-5-15/h7-9H,2-4,6H2,1H3. The van der Waals surface area contributed by atoms with Crippen molar-refractivity contribution in [2.24, 2.45) is 0 Å². The van der Waals surface area contributed by atoms with E-state index in [4.69, 9.17) is 14.7 Å². The predicted octanol–water partition coefficient (Wildman–Crippen LogP) is 3.34. The Morgan fingerprint density at radius 2 is 2.22 bits per heavy atom. The van der Waals surface area contributed by atoms with Crippen LogP contribution in [-0.2, 0) is 0 Å². The first-order chi connectivity index (χ1) is 8.72. The number of ether oxygens (including phenoxy) is 2. The SMILES string of the molecule is COc1cc(C=O)cc(Br)c1OCCCCC#N. The summed E-state index contributed by atoms with van der Waals surface area (Å²) in [6.45, 7) is 0.511. The highest BCUT2D eigenvalue weighted by Crippen LogP contribution is 2.36. The van der Waals surface area contributed by atoms with Crippen molar-refractivity contribution < 1.29 is 14.3 Å². The molecule has 0 spiro atoms. The third-order valence-electron chi connectivity index (χ3n) is 2.32. The summed E-state index contributed by atoms with van der Waals surface area (Å²) in [7, 11) is 1.53. The molecule has 0 aliphatic rings. The molecule has 0 aliphatic heterocycles. The van der Waals surface area contributed by atoms with E-state index in [1.54, 1.807) is 12.1 Å². The van der Waals surface area contributed by atoms with Gasteiger partial charge in [0.2, 0.25) is 0 Å². The topological polar surface area (TPSA) is 59.3 Å². The Balaban J connectivity index is 2.69. The van der Waals surface area contributed by atoms with Gasteiger partial charge in [-0.3, -0.25) is 4.79 Å². The summed E-state index contributed by atoms with van der Waals surface area (Å²) in [5.74, 6) is 1.10. The molecule has 1 aromatic carbocycles. The number of carbonyl (C=O) groups is 1. The quantitative estimate of drug-likeness (QED) is 0.572. The van der Waals surface area contributed by atoms with Gasteiger partial charge in [-0.1, -0.05) is 0 Å². The van der Waals surface area contributed by atoms with Gasteiger partial charge >= 0.3 is 0 Å².